The molecule has 0 amide bonds. The number of fused-ring (bicyclic) bond motifs is 13. The summed E-state index contributed by atoms with van der Waals surface area (Å²) in [6.45, 7) is -6.91. The Hall–Kier alpha value is -6.44. The van der Waals surface area contributed by atoms with Crippen molar-refractivity contribution in [2.24, 2.45) is 0 Å². The van der Waals surface area contributed by atoms with Crippen LogP contribution in [0.25, 0.3) is 44.5 Å². The maximum Gasteiger partial charge on any atom is 0.0725 e. The second-order valence-corrected chi connectivity index (χ2v) is 12.5. The van der Waals surface area contributed by atoms with E-state index in [1.165, 1.54) is 0 Å². The van der Waals surface area contributed by atoms with Crippen molar-refractivity contribution < 1.29 is 49.3 Å². The van der Waals surface area contributed by atoms with Gasteiger partial charge in [0.2, 0.25) is 0 Å². The summed E-state index contributed by atoms with van der Waals surface area (Å²) in [4.78, 5) is 0.191. The van der Waals surface area contributed by atoms with Crippen molar-refractivity contribution in [2.75, 3.05) is 4.90 Å². The SMILES string of the molecule is [2H]c1c([2H])c([2H])c(-c2c([2H])c([2H])c(N(c3c([2H])c([2H])c4c(c3[2H])-c3c([2H])c([2H])c([2H])c([2H])c3C43c4c([2H])c([2H])c([2H])c([2H])c4-c4c([2H])c([2H])c([2H])c([2H])c43)c3c([2H])c([2H])c4c(c3[2H])C(C([2H])([2H])[2H])(C([2H])([2H])[2H])c3c(C)c([2H])c([2H])c([2H])c3-4)c([2H])c2[2H])c([2H])c1[2H]. The molecule has 11 rings (SSSR count). The minimum absolute atomic E-state index is 0.191. The van der Waals surface area contributed by atoms with Crippen LogP contribution in [0, 0.1) is 6.92 Å². The van der Waals surface area contributed by atoms with Crippen LogP contribution in [0.5, 0.6) is 0 Å². The summed E-state index contributed by atoms with van der Waals surface area (Å²) >= 11 is 0. The molecule has 3 aliphatic rings. The predicted octanol–water partition coefficient (Wildman–Crippen LogP) is 13.8. The van der Waals surface area contributed by atoms with Crippen molar-refractivity contribution in [2.45, 2.75) is 31.5 Å². The van der Waals surface area contributed by atoms with Crippen molar-refractivity contribution in [3.8, 4) is 44.5 Å². The molecular formula is C53H39N. The molecule has 0 atom stereocenters. The highest BCUT2D eigenvalue weighted by molar-refractivity contribution is 5.97. The van der Waals surface area contributed by atoms with Gasteiger partial charge in [0.1, 0.15) is 0 Å². The molecule has 54 heavy (non-hydrogen) atoms. The first-order valence-electron chi connectivity index (χ1n) is 34.2. The minimum Gasteiger partial charge on any atom is -0.310 e. The van der Waals surface area contributed by atoms with Crippen molar-refractivity contribution in [1.82, 2.24) is 0 Å². The summed E-state index contributed by atoms with van der Waals surface area (Å²) in [6.07, 6.45) is 0. The highest BCUT2D eigenvalue weighted by Gasteiger charge is 2.51. The molecule has 0 bridgehead atoms. The van der Waals surface area contributed by atoms with E-state index >= 15 is 0 Å². The van der Waals surface area contributed by atoms with Gasteiger partial charge in [-0.05, 0) is 127 Å². The fourth-order valence-electron chi connectivity index (χ4n) is 7.58. The van der Waals surface area contributed by atoms with Gasteiger partial charge in [-0.25, -0.2) is 0 Å². The third kappa shape index (κ3) is 4.10. The van der Waals surface area contributed by atoms with E-state index in [0.717, 1.165) is 6.92 Å². The predicted molar refractivity (Wildman–Crippen MR) is 225 cm³/mol. The van der Waals surface area contributed by atoms with Crippen LogP contribution in [0.2, 0.25) is 0 Å². The van der Waals surface area contributed by atoms with E-state index in [1.54, 1.807) is 0 Å². The fraction of sp³-hybridized carbons (Fsp3) is 0.0943. The van der Waals surface area contributed by atoms with Gasteiger partial charge in [-0.3, -0.25) is 0 Å². The molecule has 1 spiro atoms. The quantitative estimate of drug-likeness (QED) is 0.175. The van der Waals surface area contributed by atoms with E-state index in [9.17, 15) is 21.9 Å². The lowest BCUT2D eigenvalue weighted by molar-refractivity contribution is 0.655. The lowest BCUT2D eigenvalue weighted by Gasteiger charge is -2.31. The molecule has 256 valence electrons. The van der Waals surface area contributed by atoms with Crippen molar-refractivity contribution in [1.29, 1.82) is 0 Å². The molecule has 0 radical (unpaired) electrons. The second-order valence-electron chi connectivity index (χ2n) is 12.5. The first-order chi connectivity index (χ1) is 41.5. The van der Waals surface area contributed by atoms with Gasteiger partial charge in [0, 0.05) is 30.7 Å². The van der Waals surface area contributed by atoms with Gasteiger partial charge >= 0.3 is 0 Å². The molecule has 0 saturated carbocycles. The van der Waals surface area contributed by atoms with Gasteiger partial charge in [-0.15, -0.1) is 0 Å². The summed E-state index contributed by atoms with van der Waals surface area (Å²) in [5.41, 5.74) is -23.6. The first-order valence-corrected chi connectivity index (χ1v) is 16.2. The normalized spacial score (nSPS) is 24.4. The zero-order valence-electron chi connectivity index (χ0n) is 63.4. The maximum absolute atomic E-state index is 10.5. The minimum atomic E-state index is -3.97. The monoisotopic (exact) mass is 726 g/mol. The van der Waals surface area contributed by atoms with Crippen LogP contribution in [0.3, 0.4) is 0 Å². The van der Waals surface area contributed by atoms with E-state index < -0.39 is 306 Å². The average molecular weight is 726 g/mol. The van der Waals surface area contributed by atoms with Crippen LogP contribution >= 0.6 is 0 Å². The number of anilines is 3. The van der Waals surface area contributed by atoms with E-state index in [4.69, 9.17) is 27.4 Å². The standard InChI is InChI=1S/C53H39N/c1-34-14-13-20-44-43-30-28-39(33-50(43)52(2,3)51(34)44)54(37-26-24-36(25-27-37)35-15-5-4-6-16-35)38-29-31-49-45(32-38)42-19-9-12-23-48(42)53(49)46-21-10-7-17-40(46)41-18-8-11-22-47(41)53/h4-33H,1-3H3/i2D3,3D3,4D,5D,6D,7D,8D,9D,10D,11D,12D,13D,14D,15D,16D,17D,18D,19D,20D,21D,22D,23D,24D,25D,26D,27D,28D,29D,30D,31D,32D,33D. The Labute approximate surface area is 368 Å². The van der Waals surface area contributed by atoms with Gasteiger partial charge in [0.15, 0.2) is 0 Å². The summed E-state index contributed by atoms with van der Waals surface area (Å²) < 4.78 is 334. The van der Waals surface area contributed by atoms with Crippen LogP contribution in [0.15, 0.2) is 181 Å². The number of nitrogens with zero attached hydrogens (tertiary/aromatic N) is 1. The lowest BCUT2D eigenvalue weighted by atomic mass is 9.70. The molecule has 0 aliphatic heterocycles. The Morgan fingerprint density at radius 3 is 1.57 bits per heavy atom. The molecule has 0 unspecified atom stereocenters. The molecule has 0 fully saturated rings. The second kappa shape index (κ2) is 11.3. The van der Waals surface area contributed by atoms with Crippen LogP contribution in [0.4, 0.5) is 17.1 Å². The molecule has 0 saturated heterocycles. The van der Waals surface area contributed by atoms with Crippen molar-refractivity contribution >= 4 is 17.1 Å². The number of rotatable bonds is 4. The number of hydrogen-bond donors (Lipinski definition) is 0. The third-order valence-corrected chi connectivity index (χ3v) is 9.76. The smallest absolute Gasteiger partial charge is 0.0725 e. The maximum atomic E-state index is 10.5. The number of benzene rings is 8. The Kier molecular flexibility index (Phi) is 2.46. The molecular weight excluding hydrogens is 651 g/mol. The van der Waals surface area contributed by atoms with Crippen molar-refractivity contribution in [3.63, 3.8) is 0 Å². The van der Waals surface area contributed by atoms with Gasteiger partial charge < -0.3 is 4.90 Å². The molecule has 0 heterocycles. The summed E-state index contributed by atoms with van der Waals surface area (Å²) in [5.74, 6) is 0. The highest BCUT2D eigenvalue weighted by atomic mass is 15.1. The molecule has 3 aliphatic carbocycles. The Bertz CT molecular complexity index is 4620. The molecule has 0 N–H and O–H groups in total. The topological polar surface area (TPSA) is 3.24 Å². The molecule has 1 heteroatoms. The van der Waals surface area contributed by atoms with Gasteiger partial charge in [0.25, 0.3) is 0 Å². The summed E-state index contributed by atoms with van der Waals surface area (Å²) in [7, 11) is 0. The Morgan fingerprint density at radius 1 is 0.407 bits per heavy atom. The third-order valence-electron chi connectivity index (χ3n) is 9.76. The number of hydrogen-bond acceptors (Lipinski definition) is 1. The molecule has 0 aromatic heterocycles. The van der Waals surface area contributed by atoms with Gasteiger partial charge in [-0.1, -0.05) is 159 Å². The first kappa shape index (κ1) is 11.8. The summed E-state index contributed by atoms with van der Waals surface area (Å²) in [6, 6.07) is -34.3. The van der Waals surface area contributed by atoms with Crippen LogP contribution in [-0.2, 0) is 10.8 Å². The van der Waals surface area contributed by atoms with Gasteiger partial charge in [-0.2, -0.15) is 0 Å². The largest absolute Gasteiger partial charge is 0.310 e. The van der Waals surface area contributed by atoms with E-state index in [2.05, 4.69) is 0 Å². The van der Waals surface area contributed by atoms with Crippen LogP contribution < -0.4 is 4.90 Å². The van der Waals surface area contributed by atoms with Crippen molar-refractivity contribution in [3.05, 3.63) is 220 Å². The van der Waals surface area contributed by atoms with Crippen LogP contribution in [0.1, 0.15) is 102 Å². The fourth-order valence-corrected chi connectivity index (χ4v) is 7.58. The summed E-state index contributed by atoms with van der Waals surface area (Å²) in [5, 5.41) is 0. The molecule has 1 nitrogen and oxygen atoms in total. The zero-order valence-corrected chi connectivity index (χ0v) is 27.4. The zero-order chi connectivity index (χ0) is 67.3. The van der Waals surface area contributed by atoms with E-state index in [-0.39, 0.29) is 4.90 Å². The Balaban J connectivity index is 1.43. The van der Waals surface area contributed by atoms with E-state index in [0.29, 0.717) is 0 Å². The van der Waals surface area contributed by atoms with Crippen LogP contribution in [-0.4, -0.2) is 0 Å². The lowest BCUT2D eigenvalue weighted by Crippen LogP contribution is -2.25. The molecule has 8 aromatic carbocycles. The highest BCUT2D eigenvalue weighted by Crippen LogP contribution is 2.63. The van der Waals surface area contributed by atoms with E-state index in [1.807, 2.05) is 0 Å². The Morgan fingerprint density at radius 2 is 0.907 bits per heavy atom. The van der Waals surface area contributed by atoms with Gasteiger partial charge in [0.05, 0.1) is 46.5 Å². The average Bonchev–Trinajstić information content (AvgIpc) is 1.48. The molecule has 8 aromatic rings.